The van der Waals surface area contributed by atoms with Gasteiger partial charge < -0.3 is 5.32 Å². The summed E-state index contributed by atoms with van der Waals surface area (Å²) in [7, 11) is 1.46. The standard InChI is InChI=1S/C14H14N2O2/c1-18-16(13-10-6-3-7-11-13)14(17)15-12-8-4-2-5-9-12/h2-11H,1H3,(H,15,17). The maximum atomic E-state index is 12.0. The van der Waals surface area contributed by atoms with Gasteiger partial charge in [0.2, 0.25) is 0 Å². The van der Waals surface area contributed by atoms with Crippen LogP contribution in [-0.2, 0) is 4.84 Å². The smallest absolute Gasteiger partial charge is 0.306 e. The van der Waals surface area contributed by atoms with Crippen molar-refractivity contribution in [1.29, 1.82) is 0 Å². The molecule has 0 unspecified atom stereocenters. The molecule has 0 spiro atoms. The third-order valence-corrected chi connectivity index (χ3v) is 2.38. The van der Waals surface area contributed by atoms with Crippen molar-refractivity contribution in [2.24, 2.45) is 0 Å². The van der Waals surface area contributed by atoms with Gasteiger partial charge in [0.15, 0.2) is 0 Å². The molecule has 0 heterocycles. The number of nitrogens with one attached hydrogen (secondary N) is 1. The first-order chi connectivity index (χ1) is 8.81. The lowest BCUT2D eigenvalue weighted by Gasteiger charge is -2.19. The number of amides is 2. The Morgan fingerprint density at radius 2 is 1.56 bits per heavy atom. The van der Waals surface area contributed by atoms with E-state index in [2.05, 4.69) is 5.32 Å². The molecule has 4 heteroatoms. The van der Waals surface area contributed by atoms with Crippen LogP contribution in [0.25, 0.3) is 0 Å². The molecule has 0 radical (unpaired) electrons. The highest BCUT2D eigenvalue weighted by Gasteiger charge is 2.14. The van der Waals surface area contributed by atoms with Gasteiger partial charge in [0, 0.05) is 5.69 Å². The minimum absolute atomic E-state index is 0.338. The number of rotatable bonds is 3. The van der Waals surface area contributed by atoms with E-state index >= 15 is 0 Å². The number of benzene rings is 2. The molecule has 2 amide bonds. The van der Waals surface area contributed by atoms with Crippen molar-refractivity contribution >= 4 is 17.4 Å². The molecule has 92 valence electrons. The van der Waals surface area contributed by atoms with Gasteiger partial charge in [0.25, 0.3) is 0 Å². The summed E-state index contributed by atoms with van der Waals surface area (Å²) in [5.74, 6) is 0. The fraction of sp³-hybridized carbons (Fsp3) is 0.0714. The quantitative estimate of drug-likeness (QED) is 0.839. The molecule has 18 heavy (non-hydrogen) atoms. The summed E-state index contributed by atoms with van der Waals surface area (Å²) in [6, 6.07) is 18.1. The molecule has 2 aromatic carbocycles. The van der Waals surface area contributed by atoms with Crippen LogP contribution in [0.4, 0.5) is 16.2 Å². The number of carbonyl (C=O) groups is 1. The number of carbonyl (C=O) groups excluding carboxylic acids is 1. The summed E-state index contributed by atoms with van der Waals surface area (Å²) in [5.41, 5.74) is 1.40. The first-order valence-electron chi connectivity index (χ1n) is 5.56. The Bertz CT molecular complexity index is 500. The van der Waals surface area contributed by atoms with Crippen molar-refractivity contribution in [1.82, 2.24) is 0 Å². The van der Waals surface area contributed by atoms with Crippen LogP contribution in [-0.4, -0.2) is 13.1 Å². The molecule has 0 bridgehead atoms. The Balaban J connectivity index is 2.12. The lowest BCUT2D eigenvalue weighted by molar-refractivity contribution is 0.171. The zero-order valence-corrected chi connectivity index (χ0v) is 10.0. The van der Waals surface area contributed by atoms with Crippen molar-refractivity contribution in [3.63, 3.8) is 0 Å². The second kappa shape index (κ2) is 5.84. The predicted molar refractivity (Wildman–Crippen MR) is 71.4 cm³/mol. The molecule has 4 nitrogen and oxygen atoms in total. The highest BCUT2D eigenvalue weighted by Crippen LogP contribution is 2.15. The molecule has 2 rings (SSSR count). The number of hydroxylamine groups is 1. The maximum absolute atomic E-state index is 12.0. The first-order valence-corrected chi connectivity index (χ1v) is 5.56. The number of hydrogen-bond acceptors (Lipinski definition) is 2. The van der Waals surface area contributed by atoms with Gasteiger partial charge in [0.1, 0.15) is 0 Å². The second-order valence-corrected chi connectivity index (χ2v) is 3.61. The molecule has 0 fully saturated rings. The minimum atomic E-state index is -0.338. The Hall–Kier alpha value is -2.33. The van der Waals surface area contributed by atoms with Gasteiger partial charge >= 0.3 is 6.03 Å². The van der Waals surface area contributed by atoms with E-state index in [1.165, 1.54) is 12.2 Å². The predicted octanol–water partition coefficient (Wildman–Crippen LogP) is 3.29. The van der Waals surface area contributed by atoms with Gasteiger partial charge in [0.05, 0.1) is 12.8 Å². The number of hydrogen-bond donors (Lipinski definition) is 1. The van der Waals surface area contributed by atoms with E-state index in [1.807, 2.05) is 48.5 Å². The summed E-state index contributed by atoms with van der Waals surface area (Å²) >= 11 is 0. The van der Waals surface area contributed by atoms with Crippen LogP contribution in [0.5, 0.6) is 0 Å². The van der Waals surface area contributed by atoms with E-state index in [4.69, 9.17) is 4.84 Å². The third kappa shape index (κ3) is 2.87. The van der Waals surface area contributed by atoms with Gasteiger partial charge in [-0.3, -0.25) is 4.84 Å². The van der Waals surface area contributed by atoms with E-state index in [1.54, 1.807) is 12.1 Å². The van der Waals surface area contributed by atoms with Crippen LogP contribution >= 0.6 is 0 Å². The minimum Gasteiger partial charge on any atom is -0.306 e. The summed E-state index contributed by atoms with van der Waals surface area (Å²) in [5, 5.41) is 3.95. The fourth-order valence-corrected chi connectivity index (χ4v) is 1.56. The normalized spacial score (nSPS) is 9.83. The molecule has 0 saturated carbocycles. The molecule has 0 aliphatic carbocycles. The molecule has 0 atom stereocenters. The Labute approximate surface area is 106 Å². The average Bonchev–Trinajstić information content (AvgIpc) is 2.42. The molecular weight excluding hydrogens is 228 g/mol. The molecule has 1 N–H and O–H groups in total. The highest BCUT2D eigenvalue weighted by atomic mass is 16.7. The van der Waals surface area contributed by atoms with Crippen LogP contribution < -0.4 is 10.4 Å². The van der Waals surface area contributed by atoms with E-state index in [0.29, 0.717) is 5.69 Å². The van der Waals surface area contributed by atoms with Gasteiger partial charge in [-0.25, -0.2) is 4.79 Å². The number of nitrogens with zero attached hydrogens (tertiary/aromatic N) is 1. The Kier molecular flexibility index (Phi) is 3.94. The van der Waals surface area contributed by atoms with E-state index < -0.39 is 0 Å². The van der Waals surface area contributed by atoms with E-state index in [-0.39, 0.29) is 6.03 Å². The number of urea groups is 1. The van der Waals surface area contributed by atoms with Crippen LogP contribution in [0.15, 0.2) is 60.7 Å². The Morgan fingerprint density at radius 3 is 2.11 bits per heavy atom. The third-order valence-electron chi connectivity index (χ3n) is 2.38. The van der Waals surface area contributed by atoms with Gasteiger partial charge in [-0.15, -0.1) is 0 Å². The van der Waals surface area contributed by atoms with Crippen molar-refractivity contribution in [3.05, 3.63) is 60.7 Å². The summed E-state index contributed by atoms with van der Waals surface area (Å²) < 4.78 is 0. The number of para-hydroxylation sites is 2. The van der Waals surface area contributed by atoms with Crippen molar-refractivity contribution in [2.45, 2.75) is 0 Å². The lowest BCUT2D eigenvalue weighted by atomic mass is 10.3. The molecule has 2 aromatic rings. The van der Waals surface area contributed by atoms with Gasteiger partial charge in [-0.1, -0.05) is 36.4 Å². The molecule has 0 aromatic heterocycles. The maximum Gasteiger partial charge on any atom is 0.350 e. The van der Waals surface area contributed by atoms with Crippen LogP contribution in [0.1, 0.15) is 0 Å². The van der Waals surface area contributed by atoms with Crippen molar-refractivity contribution in [2.75, 3.05) is 17.5 Å². The fourth-order valence-electron chi connectivity index (χ4n) is 1.56. The molecule has 0 aliphatic heterocycles. The van der Waals surface area contributed by atoms with E-state index in [9.17, 15) is 4.79 Å². The van der Waals surface area contributed by atoms with Crippen molar-refractivity contribution in [3.8, 4) is 0 Å². The van der Waals surface area contributed by atoms with Crippen molar-refractivity contribution < 1.29 is 9.63 Å². The largest absolute Gasteiger partial charge is 0.350 e. The first kappa shape index (κ1) is 12.1. The summed E-state index contributed by atoms with van der Waals surface area (Å²) in [6.45, 7) is 0. The highest BCUT2D eigenvalue weighted by molar-refractivity contribution is 6.00. The molecule has 0 saturated heterocycles. The topological polar surface area (TPSA) is 41.6 Å². The SMILES string of the molecule is CON(C(=O)Nc1ccccc1)c1ccccc1. The zero-order chi connectivity index (χ0) is 12.8. The van der Waals surface area contributed by atoms with E-state index in [0.717, 1.165) is 5.69 Å². The second-order valence-electron chi connectivity index (χ2n) is 3.61. The molecule has 0 aliphatic rings. The summed E-state index contributed by atoms with van der Waals surface area (Å²) in [6.07, 6.45) is 0. The molecular formula is C14H14N2O2. The lowest BCUT2D eigenvalue weighted by Crippen LogP contribution is -2.33. The number of anilines is 2. The van der Waals surface area contributed by atoms with Crippen LogP contribution in [0, 0.1) is 0 Å². The van der Waals surface area contributed by atoms with Crippen LogP contribution in [0.3, 0.4) is 0 Å². The van der Waals surface area contributed by atoms with Crippen LogP contribution in [0.2, 0.25) is 0 Å². The monoisotopic (exact) mass is 242 g/mol. The summed E-state index contributed by atoms with van der Waals surface area (Å²) in [4.78, 5) is 17.1. The Morgan fingerprint density at radius 1 is 1.00 bits per heavy atom. The van der Waals surface area contributed by atoms with Gasteiger partial charge in [-0.2, -0.15) is 5.06 Å². The zero-order valence-electron chi connectivity index (χ0n) is 10.0. The average molecular weight is 242 g/mol. The van der Waals surface area contributed by atoms with Gasteiger partial charge in [-0.05, 0) is 24.3 Å².